The van der Waals surface area contributed by atoms with Gasteiger partial charge in [-0.25, -0.2) is 0 Å². The molecule has 0 aromatic heterocycles. The molecule has 1 saturated heterocycles. The molecule has 5 rings (SSSR count). The van der Waals surface area contributed by atoms with E-state index in [2.05, 4.69) is 55.1 Å². The minimum absolute atomic E-state index is 0.343. The van der Waals surface area contributed by atoms with Crippen LogP contribution in [-0.2, 0) is 50.1 Å². The van der Waals surface area contributed by atoms with Crippen LogP contribution in [0.3, 0.4) is 0 Å². The molecule has 0 N–H and O–H groups in total. The lowest BCUT2D eigenvalue weighted by molar-refractivity contribution is -0.263. The monoisotopic (exact) mass is 550 g/mol. The zero-order valence-corrected chi connectivity index (χ0v) is 23.3. The zero-order valence-electron chi connectivity index (χ0n) is 23.3. The quantitative estimate of drug-likeness (QED) is 0.160. The molecular formula is C36H38O5. The van der Waals surface area contributed by atoms with E-state index in [0.717, 1.165) is 22.3 Å². The van der Waals surface area contributed by atoms with Gasteiger partial charge in [0, 0.05) is 0 Å². The Labute approximate surface area is 243 Å². The van der Waals surface area contributed by atoms with Crippen LogP contribution >= 0.6 is 0 Å². The number of hydrogen-bond acceptors (Lipinski definition) is 5. The lowest BCUT2D eigenvalue weighted by atomic mass is 9.94. The Morgan fingerprint density at radius 1 is 0.512 bits per heavy atom. The molecule has 5 nitrogen and oxygen atoms in total. The summed E-state index contributed by atoms with van der Waals surface area (Å²) >= 11 is 0. The van der Waals surface area contributed by atoms with Crippen LogP contribution < -0.4 is 0 Å². The smallest absolute Gasteiger partial charge is 0.116 e. The van der Waals surface area contributed by atoms with E-state index in [9.17, 15) is 0 Å². The highest BCUT2D eigenvalue weighted by Crippen LogP contribution is 2.31. The fourth-order valence-electron chi connectivity index (χ4n) is 5.01. The van der Waals surface area contributed by atoms with Crippen molar-refractivity contribution >= 4 is 0 Å². The van der Waals surface area contributed by atoms with E-state index >= 15 is 0 Å². The summed E-state index contributed by atoms with van der Waals surface area (Å²) in [5.41, 5.74) is 4.33. The van der Waals surface area contributed by atoms with Gasteiger partial charge in [-0.15, -0.1) is 6.58 Å². The second kappa shape index (κ2) is 15.4. The second-order valence-corrected chi connectivity index (χ2v) is 10.2. The molecule has 1 fully saturated rings. The first kappa shape index (κ1) is 28.9. The van der Waals surface area contributed by atoms with Crippen molar-refractivity contribution in [2.45, 2.75) is 56.9 Å². The van der Waals surface area contributed by atoms with Crippen LogP contribution in [0.15, 0.2) is 134 Å². The predicted octanol–water partition coefficient (Wildman–Crippen LogP) is 6.91. The Bertz CT molecular complexity index is 1280. The average Bonchev–Trinajstić information content (AvgIpc) is 3.04. The maximum Gasteiger partial charge on any atom is 0.116 e. The summed E-state index contributed by atoms with van der Waals surface area (Å²) in [6.07, 6.45) is -0.283. The van der Waals surface area contributed by atoms with Gasteiger partial charge in [-0.1, -0.05) is 127 Å². The van der Waals surface area contributed by atoms with Crippen LogP contribution in [0.25, 0.3) is 0 Å². The van der Waals surface area contributed by atoms with Crippen LogP contribution in [0.2, 0.25) is 0 Å². The molecule has 1 heterocycles. The Kier molecular flexibility index (Phi) is 10.9. The van der Waals surface area contributed by atoms with Crippen LogP contribution in [0.4, 0.5) is 0 Å². The molecule has 0 radical (unpaired) electrons. The van der Waals surface area contributed by atoms with E-state index < -0.39 is 24.4 Å². The van der Waals surface area contributed by atoms with Crippen LogP contribution in [0.1, 0.15) is 22.3 Å². The molecule has 5 heteroatoms. The van der Waals surface area contributed by atoms with Crippen molar-refractivity contribution < 1.29 is 23.7 Å². The average molecular weight is 551 g/mol. The highest BCUT2D eigenvalue weighted by atomic mass is 16.6. The van der Waals surface area contributed by atoms with Gasteiger partial charge in [0.2, 0.25) is 0 Å². The normalized spacial score (nSPS) is 22.3. The Morgan fingerprint density at radius 2 is 0.902 bits per heavy atom. The first-order chi connectivity index (χ1) is 20.3. The number of ether oxygens (including phenoxy) is 5. The first-order valence-electron chi connectivity index (χ1n) is 14.2. The number of hydrogen-bond donors (Lipinski definition) is 0. The zero-order chi connectivity index (χ0) is 28.1. The highest BCUT2D eigenvalue weighted by molar-refractivity contribution is 5.17. The van der Waals surface area contributed by atoms with Crippen molar-refractivity contribution in [2.75, 3.05) is 6.61 Å². The summed E-state index contributed by atoms with van der Waals surface area (Å²) in [5, 5.41) is 0. The third-order valence-corrected chi connectivity index (χ3v) is 7.15. The summed E-state index contributed by atoms with van der Waals surface area (Å²) in [5.74, 6) is 0. The van der Waals surface area contributed by atoms with Gasteiger partial charge in [0.05, 0.1) is 33.0 Å². The van der Waals surface area contributed by atoms with E-state index in [0.29, 0.717) is 33.0 Å². The molecule has 0 spiro atoms. The maximum absolute atomic E-state index is 6.66. The standard InChI is InChI=1S/C36H38O5/c1-2-32-34(38-24-29-17-9-4-10-18-29)36(40-26-31-21-13-6-14-22-31)35(39-25-30-19-11-5-12-20-30)33(41-32)27-37-23-28-15-7-3-8-16-28/h2-22,32-36H,1,23-27H2/t32-,33?,34?,35+,36?/m0/s1. The van der Waals surface area contributed by atoms with Gasteiger partial charge in [0.15, 0.2) is 0 Å². The minimum atomic E-state index is -0.438. The summed E-state index contributed by atoms with van der Waals surface area (Å²) in [6, 6.07) is 40.5. The molecule has 0 saturated carbocycles. The van der Waals surface area contributed by atoms with Gasteiger partial charge in [-0.2, -0.15) is 0 Å². The second-order valence-electron chi connectivity index (χ2n) is 10.2. The fourth-order valence-corrected chi connectivity index (χ4v) is 5.01. The van der Waals surface area contributed by atoms with Gasteiger partial charge in [0.1, 0.15) is 30.5 Å². The SMILES string of the molecule is C=C[C@@H]1OC(COCc2ccccc2)[C@@H](OCc2ccccc2)C(OCc2ccccc2)C1OCc1ccccc1. The molecule has 4 aromatic carbocycles. The van der Waals surface area contributed by atoms with Crippen molar-refractivity contribution in [3.8, 4) is 0 Å². The Balaban J connectivity index is 1.39. The molecule has 3 unspecified atom stereocenters. The van der Waals surface area contributed by atoms with Crippen molar-refractivity contribution in [2.24, 2.45) is 0 Å². The minimum Gasteiger partial charge on any atom is -0.374 e. The molecule has 0 bridgehead atoms. The van der Waals surface area contributed by atoms with Gasteiger partial charge in [-0.05, 0) is 22.3 Å². The van der Waals surface area contributed by atoms with E-state index in [4.69, 9.17) is 23.7 Å². The molecule has 1 aliphatic rings. The first-order valence-corrected chi connectivity index (χ1v) is 14.2. The van der Waals surface area contributed by atoms with E-state index in [1.165, 1.54) is 0 Å². The van der Waals surface area contributed by atoms with Crippen molar-refractivity contribution in [1.29, 1.82) is 0 Å². The van der Waals surface area contributed by atoms with E-state index in [-0.39, 0.29) is 6.10 Å². The highest BCUT2D eigenvalue weighted by Gasteiger charge is 2.47. The van der Waals surface area contributed by atoms with Crippen molar-refractivity contribution in [1.82, 2.24) is 0 Å². The summed E-state index contributed by atoms with van der Waals surface area (Å²) in [4.78, 5) is 0. The van der Waals surface area contributed by atoms with Crippen molar-refractivity contribution in [3.63, 3.8) is 0 Å². The number of rotatable bonds is 14. The Hall–Kier alpha value is -3.58. The van der Waals surface area contributed by atoms with E-state index in [1.54, 1.807) is 6.08 Å². The maximum atomic E-state index is 6.66. The lowest BCUT2D eigenvalue weighted by Crippen LogP contribution is -2.60. The van der Waals surface area contributed by atoms with Crippen molar-refractivity contribution in [3.05, 3.63) is 156 Å². The molecule has 0 amide bonds. The topological polar surface area (TPSA) is 46.2 Å². The third-order valence-electron chi connectivity index (χ3n) is 7.15. The largest absolute Gasteiger partial charge is 0.374 e. The molecule has 41 heavy (non-hydrogen) atoms. The molecule has 0 aliphatic carbocycles. The predicted molar refractivity (Wildman–Crippen MR) is 160 cm³/mol. The summed E-state index contributed by atoms with van der Waals surface area (Å²) in [6.45, 7) is 6.16. The summed E-state index contributed by atoms with van der Waals surface area (Å²) < 4.78 is 32.6. The number of benzene rings is 4. The summed E-state index contributed by atoms with van der Waals surface area (Å²) in [7, 11) is 0. The van der Waals surface area contributed by atoms with Gasteiger partial charge < -0.3 is 23.7 Å². The molecular weight excluding hydrogens is 512 g/mol. The lowest BCUT2D eigenvalue weighted by Gasteiger charge is -2.45. The third kappa shape index (κ3) is 8.46. The van der Waals surface area contributed by atoms with Gasteiger partial charge in [-0.3, -0.25) is 0 Å². The van der Waals surface area contributed by atoms with E-state index in [1.807, 2.05) is 72.8 Å². The van der Waals surface area contributed by atoms with Crippen LogP contribution in [-0.4, -0.2) is 37.1 Å². The fraction of sp³-hybridized carbons (Fsp3) is 0.278. The Morgan fingerprint density at radius 3 is 1.34 bits per heavy atom. The van der Waals surface area contributed by atoms with Gasteiger partial charge in [0.25, 0.3) is 0 Å². The molecule has 212 valence electrons. The molecule has 1 aliphatic heterocycles. The van der Waals surface area contributed by atoms with Crippen LogP contribution in [0.5, 0.6) is 0 Å². The molecule has 4 aromatic rings. The van der Waals surface area contributed by atoms with Crippen LogP contribution in [0, 0.1) is 0 Å². The molecule has 5 atom stereocenters. The van der Waals surface area contributed by atoms with Gasteiger partial charge >= 0.3 is 0 Å².